The topological polar surface area (TPSA) is 9.86 Å². The fourth-order valence-electron chi connectivity index (χ4n) is 15.2. The minimum atomic E-state index is -0.118. The lowest BCUT2D eigenvalue weighted by molar-refractivity contribution is 0.915. The monoisotopic (exact) mass is 972 g/mol. The third-order valence-corrected chi connectivity index (χ3v) is 18.8. The number of hydrogen-bond acceptors (Lipinski definition) is 0. The number of aryl methyl sites for hydroxylation is 6. The number of nitrogens with zero attached hydrogens (tertiary/aromatic N) is 2. The van der Waals surface area contributed by atoms with Crippen LogP contribution < -0.4 is 10.9 Å². The molecule has 16 rings (SSSR count). The van der Waals surface area contributed by atoms with Gasteiger partial charge in [-0.2, -0.15) is 0 Å². The van der Waals surface area contributed by atoms with Crippen LogP contribution in [-0.2, 0) is 0 Å². The zero-order valence-electron chi connectivity index (χ0n) is 44.6. The first-order valence-corrected chi connectivity index (χ1v) is 27.5. The molecule has 4 aliphatic rings. The van der Waals surface area contributed by atoms with Crippen molar-refractivity contribution in [3.8, 4) is 61.3 Å². The Morgan fingerprint density at radius 3 is 1.82 bits per heavy atom. The molecule has 2 aliphatic carbocycles. The van der Waals surface area contributed by atoms with Gasteiger partial charge in [0.2, 0.25) is 0 Å². The van der Waals surface area contributed by atoms with Crippen LogP contribution >= 0.6 is 0 Å². The van der Waals surface area contributed by atoms with Gasteiger partial charge in [0.05, 0.1) is 11.0 Å². The van der Waals surface area contributed by atoms with E-state index in [2.05, 4.69) is 240 Å². The molecule has 1 fully saturated rings. The Bertz CT molecular complexity index is 4680. The quantitative estimate of drug-likeness (QED) is 0.152. The molecule has 0 N–H and O–H groups in total. The molecule has 0 bridgehead atoms. The molecule has 2 aliphatic heterocycles. The molecular weight excluding hydrogens is 916 g/mol. The van der Waals surface area contributed by atoms with Crippen LogP contribution in [0.2, 0.25) is 0 Å². The maximum atomic E-state index is 2.80. The van der Waals surface area contributed by atoms with Crippen molar-refractivity contribution in [2.75, 3.05) is 0 Å². The molecule has 0 amide bonds. The Kier molecular flexibility index (Phi) is 9.02. The van der Waals surface area contributed by atoms with Gasteiger partial charge in [0.25, 0.3) is 0 Å². The van der Waals surface area contributed by atoms with Crippen LogP contribution in [-0.4, -0.2) is 15.9 Å². The second kappa shape index (κ2) is 15.6. The van der Waals surface area contributed by atoms with Crippen molar-refractivity contribution in [1.82, 2.24) is 9.05 Å². The largest absolute Gasteiger partial charge is 0.375 e. The summed E-state index contributed by atoms with van der Waals surface area (Å²) in [5.41, 5.74) is 35.5. The van der Waals surface area contributed by atoms with Gasteiger partial charge in [0.1, 0.15) is 0 Å². The summed E-state index contributed by atoms with van der Waals surface area (Å²) in [7, 11) is 0. The van der Waals surface area contributed by atoms with E-state index < -0.39 is 0 Å². The van der Waals surface area contributed by atoms with E-state index in [0.717, 1.165) is 0 Å². The molecule has 0 radical (unpaired) electrons. The van der Waals surface area contributed by atoms with E-state index in [9.17, 15) is 0 Å². The van der Waals surface area contributed by atoms with E-state index in [1.807, 2.05) is 0 Å². The molecule has 10 aromatic carbocycles. The van der Waals surface area contributed by atoms with Gasteiger partial charge in [-0.15, -0.1) is 0 Å². The summed E-state index contributed by atoms with van der Waals surface area (Å²) in [5.74, 6) is 1.38. The number of fused-ring (bicyclic) bond motifs is 13. The van der Waals surface area contributed by atoms with Crippen LogP contribution in [0.1, 0.15) is 57.9 Å². The van der Waals surface area contributed by atoms with Crippen molar-refractivity contribution in [2.45, 2.75) is 61.8 Å². The summed E-state index contributed by atoms with van der Waals surface area (Å²) in [6.07, 6.45) is 6.17. The Morgan fingerprint density at radius 2 is 1.08 bits per heavy atom. The summed E-state index contributed by atoms with van der Waals surface area (Å²) in [5, 5.41) is 7.84. The molecule has 12 aromatic rings. The summed E-state index contributed by atoms with van der Waals surface area (Å²) in [6.45, 7) is 18.4. The van der Waals surface area contributed by atoms with E-state index in [4.69, 9.17) is 0 Å². The third kappa shape index (κ3) is 5.84. The molecule has 2 unspecified atom stereocenters. The Hall–Kier alpha value is -8.40. The second-order valence-electron chi connectivity index (χ2n) is 23.1. The Morgan fingerprint density at radius 1 is 0.434 bits per heavy atom. The lowest BCUT2D eigenvalue weighted by Crippen LogP contribution is -2.55. The fourth-order valence-corrected chi connectivity index (χ4v) is 15.2. The molecule has 362 valence electrons. The first kappa shape index (κ1) is 44.0. The highest BCUT2D eigenvalue weighted by molar-refractivity contribution is 6.90. The lowest BCUT2D eigenvalue weighted by Gasteiger charge is -2.36. The number of rotatable bonds is 5. The summed E-state index contributed by atoms with van der Waals surface area (Å²) >= 11 is 0. The predicted octanol–water partition coefficient (Wildman–Crippen LogP) is 17.8. The molecule has 0 spiro atoms. The maximum Gasteiger partial charge on any atom is 0.333 e. The molecule has 3 heteroatoms. The molecule has 1 saturated carbocycles. The van der Waals surface area contributed by atoms with Crippen LogP contribution in [0, 0.1) is 60.3 Å². The van der Waals surface area contributed by atoms with Gasteiger partial charge in [-0.3, -0.25) is 0 Å². The van der Waals surface area contributed by atoms with Crippen molar-refractivity contribution >= 4 is 77.7 Å². The van der Waals surface area contributed by atoms with Crippen molar-refractivity contribution in [2.24, 2.45) is 11.8 Å². The van der Waals surface area contributed by atoms with E-state index in [1.165, 1.54) is 189 Å². The summed E-state index contributed by atoms with van der Waals surface area (Å²) < 4.78 is 5.52. The van der Waals surface area contributed by atoms with Crippen LogP contribution in [0.15, 0.2) is 182 Å². The van der Waals surface area contributed by atoms with Crippen LogP contribution in [0.4, 0.5) is 0 Å². The highest BCUT2D eigenvalue weighted by Gasteiger charge is 2.44. The minimum Gasteiger partial charge on any atom is -0.375 e. The molecule has 76 heavy (non-hydrogen) atoms. The van der Waals surface area contributed by atoms with Gasteiger partial charge in [0.15, 0.2) is 0 Å². The molecular formula is C73H57BN2. The zero-order valence-corrected chi connectivity index (χ0v) is 44.6. The Labute approximate surface area is 445 Å². The normalized spacial score (nSPS) is 16.0. The summed E-state index contributed by atoms with van der Waals surface area (Å²) in [6, 6.07) is 63.7. The highest BCUT2D eigenvalue weighted by Crippen LogP contribution is 2.53. The molecule has 2 atom stereocenters. The van der Waals surface area contributed by atoms with Crippen molar-refractivity contribution < 1.29 is 0 Å². The third-order valence-electron chi connectivity index (χ3n) is 18.8. The van der Waals surface area contributed by atoms with Crippen molar-refractivity contribution in [3.05, 3.63) is 226 Å². The molecule has 4 heterocycles. The lowest BCUT2D eigenvalue weighted by atomic mass is 9.45. The van der Waals surface area contributed by atoms with E-state index in [1.54, 1.807) is 0 Å². The maximum absolute atomic E-state index is 2.80. The van der Waals surface area contributed by atoms with E-state index in [0.29, 0.717) is 11.8 Å². The van der Waals surface area contributed by atoms with Gasteiger partial charge in [-0.25, -0.2) is 0 Å². The highest BCUT2D eigenvalue weighted by atomic mass is 15.0. The molecule has 0 saturated heterocycles. The average molecular weight is 973 g/mol. The molecule has 2 nitrogen and oxygen atoms in total. The average Bonchev–Trinajstić information content (AvgIpc) is 4.11. The number of aromatic nitrogens is 2. The van der Waals surface area contributed by atoms with E-state index >= 15 is 0 Å². The summed E-state index contributed by atoms with van der Waals surface area (Å²) in [4.78, 5) is 0. The van der Waals surface area contributed by atoms with Crippen molar-refractivity contribution in [3.63, 3.8) is 0 Å². The van der Waals surface area contributed by atoms with Crippen LogP contribution in [0.25, 0.3) is 121 Å². The van der Waals surface area contributed by atoms with Crippen molar-refractivity contribution in [1.29, 1.82) is 0 Å². The van der Waals surface area contributed by atoms with Gasteiger partial charge >= 0.3 is 6.85 Å². The van der Waals surface area contributed by atoms with Gasteiger partial charge in [-0.1, -0.05) is 139 Å². The predicted molar refractivity (Wildman–Crippen MR) is 325 cm³/mol. The zero-order chi connectivity index (χ0) is 51.2. The minimum absolute atomic E-state index is 0.118. The first-order valence-electron chi connectivity index (χ1n) is 27.5. The van der Waals surface area contributed by atoms with Gasteiger partial charge in [0, 0.05) is 43.8 Å². The van der Waals surface area contributed by atoms with Gasteiger partial charge in [-0.05, 0) is 238 Å². The van der Waals surface area contributed by atoms with Crippen LogP contribution in [0.3, 0.4) is 0 Å². The van der Waals surface area contributed by atoms with E-state index in [-0.39, 0.29) is 6.85 Å². The first-order chi connectivity index (χ1) is 37.0. The number of allylic oxidation sites excluding steroid dienone is 4. The molecule has 2 aromatic heterocycles. The van der Waals surface area contributed by atoms with Gasteiger partial charge < -0.3 is 9.05 Å². The number of benzene rings is 10. The smallest absolute Gasteiger partial charge is 0.333 e. The second-order valence-corrected chi connectivity index (χ2v) is 23.1. The standard InChI is InChI=1S/C73H57BN2/c1-39-17-9-11-23-51(39)49-33-60-58-32-47(53-29-27-48-31-56(48)45(53)7)28-30-64(58)76-72(60)61(34-49)69-46(8)57(52-24-12-10-18-40(52)2)37-66-71(69)74(76)63-36-50(67-41(3)19-15-20-42(67)4)35-62-70-55-26-14-13-25-54(55)59(38-65(70)75(66)73(62)63)68-43(5)21-16-22-44(68)6/h9-30,32-38,48,56H,31H2,1-8H3. The number of hydrogen-bond donors (Lipinski definition) is 0. The SMILES string of the molecule is CC1=C(c2ccc3c(c2)c2cc(-c4ccccc4C)cc4c2n3B2c3c(cc(-c5ccccc5C)c(C)c3-4)-n3c4cc(-c5c(C)cccc5C)c5ccccc5c4c4cc(-c5c(C)cccc5C)cc2c43)C=CC2CC12. The Balaban J connectivity index is 1.14. The fraction of sp³-hybridized carbons (Fsp3) is 0.151. The van der Waals surface area contributed by atoms with Crippen LogP contribution in [0.5, 0.6) is 0 Å².